The predicted octanol–water partition coefficient (Wildman–Crippen LogP) is 3.52. The molecule has 2 N–H and O–H groups in total. The third-order valence-electron chi connectivity index (χ3n) is 4.08. The molecule has 2 rings (SSSR count). The second-order valence-electron chi connectivity index (χ2n) is 8.03. The highest BCUT2D eigenvalue weighted by Gasteiger charge is 2.40. The fourth-order valence-corrected chi connectivity index (χ4v) is 3.57. The maximum atomic E-state index is 12.9. The highest BCUT2D eigenvalue weighted by molar-refractivity contribution is 6.06. The SMILES string of the molecule is CC(C)(C)CC(C)(C)C(=O)c1c(O)c2n(c1O)C(=O)CCC2. The van der Waals surface area contributed by atoms with Gasteiger partial charge in [-0.3, -0.25) is 14.2 Å². The fourth-order valence-electron chi connectivity index (χ4n) is 3.57. The molecule has 0 fully saturated rings. The molecule has 1 aliphatic heterocycles. The van der Waals surface area contributed by atoms with E-state index in [2.05, 4.69) is 0 Å². The van der Waals surface area contributed by atoms with Gasteiger partial charge in [0.1, 0.15) is 5.56 Å². The normalized spacial score (nSPS) is 15.8. The van der Waals surface area contributed by atoms with Crippen LogP contribution in [0.25, 0.3) is 0 Å². The summed E-state index contributed by atoms with van der Waals surface area (Å²) >= 11 is 0. The number of hydrogen-bond donors (Lipinski definition) is 2. The number of ketones is 1. The molecule has 1 aliphatic rings. The van der Waals surface area contributed by atoms with Crippen LogP contribution < -0.4 is 0 Å². The molecule has 0 atom stereocenters. The van der Waals surface area contributed by atoms with Gasteiger partial charge in [0.2, 0.25) is 11.8 Å². The molecule has 0 aliphatic carbocycles. The van der Waals surface area contributed by atoms with Crippen LogP contribution in [0.1, 0.15) is 74.7 Å². The van der Waals surface area contributed by atoms with Crippen molar-refractivity contribution >= 4 is 11.7 Å². The van der Waals surface area contributed by atoms with E-state index in [1.54, 1.807) is 13.8 Å². The van der Waals surface area contributed by atoms with Crippen molar-refractivity contribution in [2.45, 2.75) is 60.3 Å². The Morgan fingerprint density at radius 2 is 1.73 bits per heavy atom. The summed E-state index contributed by atoms with van der Waals surface area (Å²) in [6.07, 6.45) is 2.02. The highest BCUT2D eigenvalue weighted by atomic mass is 16.3. The number of hydrogen-bond acceptors (Lipinski definition) is 4. The van der Waals surface area contributed by atoms with Crippen LogP contribution in [0.2, 0.25) is 0 Å². The molecule has 0 saturated carbocycles. The van der Waals surface area contributed by atoms with E-state index in [0.29, 0.717) is 31.4 Å². The van der Waals surface area contributed by atoms with Crippen molar-refractivity contribution in [3.05, 3.63) is 11.3 Å². The standard InChI is InChI=1S/C17H25NO4/c1-16(2,3)9-17(4,5)14(21)12-13(20)10-7-6-8-11(19)18(10)15(12)22/h20,22H,6-9H2,1-5H3. The first-order chi connectivity index (χ1) is 9.96. The number of rotatable bonds is 3. The van der Waals surface area contributed by atoms with Gasteiger partial charge in [-0.2, -0.15) is 0 Å². The number of carbonyl (C=O) groups excluding carboxylic acids is 2. The zero-order valence-electron chi connectivity index (χ0n) is 14.0. The summed E-state index contributed by atoms with van der Waals surface area (Å²) in [4.78, 5) is 24.8. The molecule has 0 amide bonds. The zero-order valence-corrected chi connectivity index (χ0v) is 14.0. The maximum absolute atomic E-state index is 12.9. The Morgan fingerprint density at radius 3 is 2.23 bits per heavy atom. The van der Waals surface area contributed by atoms with Crippen molar-refractivity contribution in [3.8, 4) is 11.6 Å². The lowest BCUT2D eigenvalue weighted by molar-refractivity contribution is 0.0764. The summed E-state index contributed by atoms with van der Waals surface area (Å²) in [6, 6.07) is 0. The Labute approximate surface area is 131 Å². The molecule has 5 heteroatoms. The summed E-state index contributed by atoms with van der Waals surface area (Å²) in [6.45, 7) is 9.72. The van der Waals surface area contributed by atoms with Crippen LogP contribution >= 0.6 is 0 Å². The van der Waals surface area contributed by atoms with Crippen molar-refractivity contribution in [1.29, 1.82) is 0 Å². The van der Waals surface area contributed by atoms with E-state index >= 15 is 0 Å². The first-order valence-corrected chi connectivity index (χ1v) is 7.69. The second-order valence-corrected chi connectivity index (χ2v) is 8.03. The van der Waals surface area contributed by atoms with Gasteiger partial charge in [0, 0.05) is 11.8 Å². The smallest absolute Gasteiger partial charge is 0.233 e. The third-order valence-corrected chi connectivity index (χ3v) is 4.08. The monoisotopic (exact) mass is 307 g/mol. The Balaban J connectivity index is 2.50. The van der Waals surface area contributed by atoms with Crippen LogP contribution in [0.3, 0.4) is 0 Å². The summed E-state index contributed by atoms with van der Waals surface area (Å²) in [5, 5.41) is 20.7. The summed E-state index contributed by atoms with van der Waals surface area (Å²) in [5.41, 5.74) is -0.573. The number of aromatic nitrogens is 1. The van der Waals surface area contributed by atoms with E-state index in [1.165, 1.54) is 0 Å². The van der Waals surface area contributed by atoms with Crippen LogP contribution in [0.4, 0.5) is 0 Å². The lowest BCUT2D eigenvalue weighted by Gasteiger charge is -2.31. The molecule has 0 bridgehead atoms. The van der Waals surface area contributed by atoms with E-state index in [1.807, 2.05) is 20.8 Å². The number of carbonyl (C=O) groups is 2. The van der Waals surface area contributed by atoms with Gasteiger partial charge in [0.15, 0.2) is 11.5 Å². The average Bonchev–Trinajstić information content (AvgIpc) is 2.59. The summed E-state index contributed by atoms with van der Waals surface area (Å²) in [7, 11) is 0. The van der Waals surface area contributed by atoms with E-state index in [9.17, 15) is 19.8 Å². The molecule has 0 unspecified atom stereocenters. The van der Waals surface area contributed by atoms with Gasteiger partial charge in [0.05, 0.1) is 5.69 Å². The maximum Gasteiger partial charge on any atom is 0.233 e. The number of aromatic hydroxyl groups is 2. The van der Waals surface area contributed by atoms with Crippen molar-refractivity contribution in [3.63, 3.8) is 0 Å². The lowest BCUT2D eigenvalue weighted by Crippen LogP contribution is -2.29. The Morgan fingerprint density at radius 1 is 1.14 bits per heavy atom. The van der Waals surface area contributed by atoms with Gasteiger partial charge in [-0.25, -0.2) is 0 Å². The van der Waals surface area contributed by atoms with Gasteiger partial charge < -0.3 is 10.2 Å². The molecule has 122 valence electrons. The Hall–Kier alpha value is -1.78. The molecule has 1 aromatic heterocycles. The fraction of sp³-hybridized carbons (Fsp3) is 0.647. The van der Waals surface area contributed by atoms with Crippen LogP contribution in [0, 0.1) is 10.8 Å². The molecule has 0 saturated heterocycles. The summed E-state index contributed by atoms with van der Waals surface area (Å²) in [5.74, 6) is -1.25. The van der Waals surface area contributed by atoms with Gasteiger partial charge in [0.25, 0.3) is 0 Å². The summed E-state index contributed by atoms with van der Waals surface area (Å²) < 4.78 is 1.10. The second kappa shape index (κ2) is 5.14. The van der Waals surface area contributed by atoms with E-state index < -0.39 is 11.3 Å². The molecule has 22 heavy (non-hydrogen) atoms. The minimum Gasteiger partial charge on any atom is -0.505 e. The average molecular weight is 307 g/mol. The largest absolute Gasteiger partial charge is 0.505 e. The molecule has 0 aromatic carbocycles. The molecule has 0 spiro atoms. The van der Waals surface area contributed by atoms with Crippen LogP contribution in [-0.2, 0) is 6.42 Å². The number of Topliss-reactive ketones (excluding diaryl/α,β-unsaturated/α-hetero) is 1. The van der Waals surface area contributed by atoms with Crippen LogP contribution in [-0.4, -0.2) is 26.5 Å². The molecule has 1 aromatic rings. The quantitative estimate of drug-likeness (QED) is 0.837. The van der Waals surface area contributed by atoms with Gasteiger partial charge >= 0.3 is 0 Å². The molecule has 0 radical (unpaired) electrons. The van der Waals surface area contributed by atoms with Crippen molar-refractivity contribution in [2.75, 3.05) is 0 Å². The van der Waals surface area contributed by atoms with Gasteiger partial charge in [-0.15, -0.1) is 0 Å². The van der Waals surface area contributed by atoms with Crippen molar-refractivity contribution < 1.29 is 19.8 Å². The van der Waals surface area contributed by atoms with Gasteiger partial charge in [-0.05, 0) is 24.7 Å². The first-order valence-electron chi connectivity index (χ1n) is 7.69. The van der Waals surface area contributed by atoms with Crippen molar-refractivity contribution in [1.82, 2.24) is 4.57 Å². The van der Waals surface area contributed by atoms with Crippen molar-refractivity contribution in [2.24, 2.45) is 10.8 Å². The van der Waals surface area contributed by atoms with E-state index in [-0.39, 0.29) is 28.4 Å². The predicted molar refractivity (Wildman–Crippen MR) is 83.5 cm³/mol. The minimum atomic E-state index is -0.742. The Kier molecular flexibility index (Phi) is 3.88. The zero-order chi connectivity index (χ0) is 16.9. The van der Waals surface area contributed by atoms with Crippen LogP contribution in [0.15, 0.2) is 0 Å². The van der Waals surface area contributed by atoms with E-state index in [0.717, 1.165) is 4.57 Å². The molecular formula is C17H25NO4. The minimum absolute atomic E-state index is 0.0699. The van der Waals surface area contributed by atoms with Gasteiger partial charge in [-0.1, -0.05) is 34.6 Å². The third kappa shape index (κ3) is 2.76. The molecule has 2 heterocycles. The molecular weight excluding hydrogens is 282 g/mol. The highest BCUT2D eigenvalue weighted by Crippen LogP contribution is 2.44. The molecule has 5 nitrogen and oxygen atoms in total. The van der Waals surface area contributed by atoms with Crippen LogP contribution in [0.5, 0.6) is 11.6 Å². The van der Waals surface area contributed by atoms with E-state index in [4.69, 9.17) is 0 Å². The number of nitrogens with zero attached hydrogens (tertiary/aromatic N) is 1. The first kappa shape index (κ1) is 16.6. The number of fused-ring (bicyclic) bond motifs is 1. The topological polar surface area (TPSA) is 79.5 Å². The Bertz CT molecular complexity index is 632. The lowest BCUT2D eigenvalue weighted by atomic mass is 9.72.